The number of aliphatic imine (C=N–C) groups is 1. The van der Waals surface area contributed by atoms with E-state index in [4.69, 9.17) is 0 Å². The average molecular weight is 468 g/mol. The molecule has 9 heteroatoms. The lowest BCUT2D eigenvalue weighted by Gasteiger charge is -2.15. The summed E-state index contributed by atoms with van der Waals surface area (Å²) < 4.78 is 45.0. The van der Waals surface area contributed by atoms with E-state index in [0.29, 0.717) is 12.5 Å². The molecule has 0 saturated heterocycles. The summed E-state index contributed by atoms with van der Waals surface area (Å²) in [6, 6.07) is 5.76. The number of halogens is 4. The van der Waals surface area contributed by atoms with Crippen LogP contribution >= 0.6 is 24.0 Å². The number of guanidine groups is 1. The molecule has 0 aliphatic rings. The molecular weight excluding hydrogens is 448 g/mol. The van der Waals surface area contributed by atoms with Crippen LogP contribution in [0.15, 0.2) is 41.7 Å². The molecule has 2 aromatic rings. The highest BCUT2D eigenvalue weighted by molar-refractivity contribution is 14.0. The lowest BCUT2D eigenvalue weighted by Crippen LogP contribution is -2.36. The minimum atomic E-state index is -3.01. The summed E-state index contributed by atoms with van der Waals surface area (Å²) in [4.78, 5) is 4.02. The number of nitrogens with one attached hydrogen (secondary N) is 2. The Bertz CT molecular complexity index is 706. The summed E-state index contributed by atoms with van der Waals surface area (Å²) in [5.74, 6) is -0.403. The van der Waals surface area contributed by atoms with E-state index in [9.17, 15) is 13.2 Å². The van der Waals surface area contributed by atoms with E-state index >= 15 is 0 Å². The van der Waals surface area contributed by atoms with Crippen LogP contribution in [0.3, 0.4) is 0 Å². The summed E-state index contributed by atoms with van der Waals surface area (Å²) in [5.41, 5.74) is 1.06. The average Bonchev–Trinajstić information content (AvgIpc) is 2.94. The van der Waals surface area contributed by atoms with E-state index in [1.807, 2.05) is 30.1 Å². The van der Waals surface area contributed by atoms with Crippen LogP contribution in [0.4, 0.5) is 13.2 Å². The molecule has 0 fully saturated rings. The fourth-order valence-electron chi connectivity index (χ4n) is 2.16. The van der Waals surface area contributed by atoms with Gasteiger partial charge in [0.05, 0.1) is 0 Å². The van der Waals surface area contributed by atoms with Gasteiger partial charge in [-0.25, -0.2) is 4.39 Å². The molecular formula is C16H20F3IN4O. The van der Waals surface area contributed by atoms with Crippen molar-refractivity contribution < 1.29 is 17.9 Å². The summed E-state index contributed by atoms with van der Waals surface area (Å²) >= 11 is 0. The van der Waals surface area contributed by atoms with Crippen molar-refractivity contribution >= 4 is 29.9 Å². The minimum absolute atomic E-state index is 0. The first-order valence-electron chi connectivity index (χ1n) is 7.27. The molecule has 0 amide bonds. The predicted molar refractivity (Wildman–Crippen MR) is 101 cm³/mol. The van der Waals surface area contributed by atoms with Crippen molar-refractivity contribution in [2.45, 2.75) is 19.7 Å². The SMILES string of the molecule is CN=C(NCc1ccn(C)c1)NCc1c(F)cccc1OC(F)F.I. The van der Waals surface area contributed by atoms with Crippen LogP contribution in [0.25, 0.3) is 0 Å². The monoisotopic (exact) mass is 468 g/mol. The van der Waals surface area contributed by atoms with Gasteiger partial charge in [-0.3, -0.25) is 4.99 Å². The number of nitrogens with zero attached hydrogens (tertiary/aromatic N) is 2. The van der Waals surface area contributed by atoms with Crippen LogP contribution in [0.5, 0.6) is 5.75 Å². The zero-order valence-electron chi connectivity index (χ0n) is 13.8. The Morgan fingerprint density at radius 3 is 2.56 bits per heavy atom. The Balaban J connectivity index is 0.00000312. The number of aryl methyl sites for hydroxylation is 1. The summed E-state index contributed by atoms with van der Waals surface area (Å²) in [5, 5.41) is 5.95. The van der Waals surface area contributed by atoms with Crippen molar-refractivity contribution in [1.82, 2.24) is 15.2 Å². The van der Waals surface area contributed by atoms with E-state index in [0.717, 1.165) is 5.56 Å². The van der Waals surface area contributed by atoms with Crippen molar-refractivity contribution in [3.63, 3.8) is 0 Å². The van der Waals surface area contributed by atoms with E-state index in [1.165, 1.54) is 18.2 Å². The van der Waals surface area contributed by atoms with Gasteiger partial charge in [0.2, 0.25) is 0 Å². The minimum Gasteiger partial charge on any atom is -0.434 e. The van der Waals surface area contributed by atoms with Crippen LogP contribution < -0.4 is 15.4 Å². The van der Waals surface area contributed by atoms with E-state index < -0.39 is 12.4 Å². The number of hydrogen-bond donors (Lipinski definition) is 2. The Labute approximate surface area is 161 Å². The number of hydrogen-bond acceptors (Lipinski definition) is 2. The molecule has 138 valence electrons. The molecule has 25 heavy (non-hydrogen) atoms. The van der Waals surface area contributed by atoms with Crippen LogP contribution in [0.2, 0.25) is 0 Å². The Kier molecular flexibility index (Phi) is 8.59. The second-order valence-corrected chi connectivity index (χ2v) is 5.06. The van der Waals surface area contributed by atoms with Crippen LogP contribution in [-0.2, 0) is 20.1 Å². The quantitative estimate of drug-likeness (QED) is 0.389. The van der Waals surface area contributed by atoms with Crippen molar-refractivity contribution in [3.8, 4) is 5.75 Å². The highest BCUT2D eigenvalue weighted by Crippen LogP contribution is 2.23. The molecule has 0 spiro atoms. The molecule has 0 atom stereocenters. The van der Waals surface area contributed by atoms with Gasteiger partial charge < -0.3 is 19.9 Å². The highest BCUT2D eigenvalue weighted by Gasteiger charge is 2.14. The van der Waals surface area contributed by atoms with E-state index in [1.54, 1.807) is 7.05 Å². The van der Waals surface area contributed by atoms with Gasteiger partial charge in [0, 0.05) is 45.1 Å². The molecule has 0 aliphatic heterocycles. The number of rotatable bonds is 6. The van der Waals surface area contributed by atoms with Gasteiger partial charge in [-0.15, -0.1) is 24.0 Å². The molecule has 5 nitrogen and oxygen atoms in total. The lowest BCUT2D eigenvalue weighted by atomic mass is 10.2. The molecule has 0 saturated carbocycles. The van der Waals surface area contributed by atoms with E-state index in [-0.39, 0.29) is 41.8 Å². The largest absolute Gasteiger partial charge is 0.434 e. The van der Waals surface area contributed by atoms with Crippen molar-refractivity contribution in [3.05, 3.63) is 53.6 Å². The molecule has 1 aromatic heterocycles. The fourth-order valence-corrected chi connectivity index (χ4v) is 2.16. The summed E-state index contributed by atoms with van der Waals surface area (Å²) in [6.45, 7) is -2.53. The van der Waals surface area contributed by atoms with Gasteiger partial charge in [-0.2, -0.15) is 8.78 Å². The Hall–Kier alpha value is -1.91. The molecule has 1 heterocycles. The van der Waals surface area contributed by atoms with Crippen LogP contribution in [-0.4, -0.2) is 24.2 Å². The lowest BCUT2D eigenvalue weighted by molar-refractivity contribution is -0.0506. The number of alkyl halides is 2. The maximum atomic E-state index is 13.9. The molecule has 0 aliphatic carbocycles. The number of ether oxygens (including phenoxy) is 1. The third-order valence-electron chi connectivity index (χ3n) is 3.30. The molecule has 2 rings (SSSR count). The van der Waals surface area contributed by atoms with Crippen molar-refractivity contribution in [2.75, 3.05) is 7.05 Å². The molecule has 0 radical (unpaired) electrons. The van der Waals surface area contributed by atoms with Gasteiger partial charge in [0.25, 0.3) is 0 Å². The molecule has 1 aromatic carbocycles. The topological polar surface area (TPSA) is 50.6 Å². The smallest absolute Gasteiger partial charge is 0.387 e. The number of aromatic nitrogens is 1. The number of benzene rings is 1. The first kappa shape index (κ1) is 21.1. The first-order chi connectivity index (χ1) is 11.5. The fraction of sp³-hybridized carbons (Fsp3) is 0.312. The van der Waals surface area contributed by atoms with Gasteiger partial charge in [0.1, 0.15) is 11.6 Å². The van der Waals surface area contributed by atoms with Crippen molar-refractivity contribution in [2.24, 2.45) is 12.0 Å². The summed E-state index contributed by atoms with van der Waals surface area (Å²) in [6.07, 6.45) is 3.87. The Morgan fingerprint density at radius 2 is 1.96 bits per heavy atom. The standard InChI is InChI=1S/C16H19F3N4O.HI/c1-20-16(21-8-11-6-7-23(2)10-11)22-9-12-13(17)4-3-5-14(12)24-15(18)19;/h3-7,10,15H,8-9H2,1-2H3,(H2,20,21,22);1H. The third-order valence-corrected chi connectivity index (χ3v) is 3.30. The molecule has 0 bridgehead atoms. The normalized spacial score (nSPS) is 11.2. The van der Waals surface area contributed by atoms with Gasteiger partial charge in [0.15, 0.2) is 5.96 Å². The highest BCUT2D eigenvalue weighted by atomic mass is 127. The Morgan fingerprint density at radius 1 is 1.24 bits per heavy atom. The first-order valence-corrected chi connectivity index (χ1v) is 7.27. The maximum absolute atomic E-state index is 13.9. The zero-order valence-corrected chi connectivity index (χ0v) is 16.1. The van der Waals surface area contributed by atoms with Crippen molar-refractivity contribution in [1.29, 1.82) is 0 Å². The third kappa shape index (κ3) is 6.48. The molecule has 2 N–H and O–H groups in total. The van der Waals surface area contributed by atoms with Gasteiger partial charge in [-0.1, -0.05) is 6.07 Å². The van der Waals surface area contributed by atoms with E-state index in [2.05, 4.69) is 20.4 Å². The summed E-state index contributed by atoms with van der Waals surface area (Å²) in [7, 11) is 3.48. The predicted octanol–water partition coefficient (Wildman–Crippen LogP) is 3.25. The van der Waals surface area contributed by atoms with Crippen LogP contribution in [0, 0.1) is 5.82 Å². The maximum Gasteiger partial charge on any atom is 0.387 e. The second-order valence-electron chi connectivity index (χ2n) is 5.06. The van der Waals surface area contributed by atoms with Gasteiger partial charge >= 0.3 is 6.61 Å². The van der Waals surface area contributed by atoms with Crippen LogP contribution in [0.1, 0.15) is 11.1 Å². The zero-order chi connectivity index (χ0) is 17.5. The van der Waals surface area contributed by atoms with Gasteiger partial charge in [-0.05, 0) is 23.8 Å². The molecule has 0 unspecified atom stereocenters. The second kappa shape index (κ2) is 10.2.